The number of rotatable bonds is 5. The lowest BCUT2D eigenvalue weighted by atomic mass is 10.3. The first kappa shape index (κ1) is 14.3. The zero-order valence-electron chi connectivity index (χ0n) is 10.7. The Balaban J connectivity index is 2.19. The molecule has 0 aliphatic rings. The Morgan fingerprint density at radius 3 is 2.70 bits per heavy atom. The van der Waals surface area contributed by atoms with Gasteiger partial charge in [-0.05, 0) is 35.0 Å². The number of hydrogen-bond acceptors (Lipinski definition) is 5. The van der Waals surface area contributed by atoms with Gasteiger partial charge in [0.1, 0.15) is 24.0 Å². The van der Waals surface area contributed by atoms with E-state index in [1.165, 1.54) is 0 Å². The summed E-state index contributed by atoms with van der Waals surface area (Å²) in [5.41, 5.74) is 0.870. The van der Waals surface area contributed by atoms with E-state index in [0.29, 0.717) is 17.5 Å². The molecular formula is C13H13BrN4O2. The molecule has 20 heavy (non-hydrogen) atoms. The van der Waals surface area contributed by atoms with Crippen LogP contribution in [0.5, 0.6) is 0 Å². The molecule has 3 N–H and O–H groups in total. The van der Waals surface area contributed by atoms with Crippen LogP contribution in [0.25, 0.3) is 0 Å². The lowest BCUT2D eigenvalue weighted by Gasteiger charge is -2.10. The number of halogens is 1. The molecule has 0 saturated carbocycles. The molecule has 1 aromatic carbocycles. The van der Waals surface area contributed by atoms with Gasteiger partial charge in [0, 0.05) is 10.5 Å². The number of anilines is 3. The van der Waals surface area contributed by atoms with Crippen LogP contribution in [0.1, 0.15) is 5.82 Å². The number of aromatic nitrogens is 2. The first-order valence-corrected chi connectivity index (χ1v) is 6.67. The standard InChI is InChI=1S/C13H13BrN4O2/c1-8-16-11(15-7-13(19)20)6-12(17-8)18-10-5-3-2-4-9(10)14/h2-6H,7H2,1H3,(H,19,20)(H2,15,16,17,18). The molecule has 0 aliphatic carbocycles. The van der Waals surface area contributed by atoms with Crippen molar-refractivity contribution < 1.29 is 9.90 Å². The average Bonchev–Trinajstić information content (AvgIpc) is 2.38. The summed E-state index contributed by atoms with van der Waals surface area (Å²) in [5.74, 6) is 0.670. The van der Waals surface area contributed by atoms with Gasteiger partial charge >= 0.3 is 5.97 Å². The van der Waals surface area contributed by atoms with Crippen LogP contribution in [0, 0.1) is 6.92 Å². The molecule has 0 bridgehead atoms. The number of aryl methyl sites for hydroxylation is 1. The highest BCUT2D eigenvalue weighted by molar-refractivity contribution is 9.10. The predicted octanol–water partition coefficient (Wildman–Crippen LogP) is 2.79. The maximum Gasteiger partial charge on any atom is 0.322 e. The van der Waals surface area contributed by atoms with Gasteiger partial charge in [-0.2, -0.15) is 0 Å². The summed E-state index contributed by atoms with van der Waals surface area (Å²) < 4.78 is 0.913. The van der Waals surface area contributed by atoms with Crippen LogP contribution in [0.2, 0.25) is 0 Å². The second-order valence-corrected chi connectivity index (χ2v) is 4.89. The Labute approximate surface area is 124 Å². The third-order valence-electron chi connectivity index (χ3n) is 2.40. The van der Waals surface area contributed by atoms with Gasteiger partial charge in [0.15, 0.2) is 0 Å². The minimum absolute atomic E-state index is 0.190. The van der Waals surface area contributed by atoms with Crippen molar-refractivity contribution in [2.24, 2.45) is 0 Å². The second-order valence-electron chi connectivity index (χ2n) is 4.04. The number of nitrogens with zero attached hydrogens (tertiary/aromatic N) is 2. The molecule has 1 aromatic heterocycles. The number of carboxylic acids is 1. The molecule has 0 unspecified atom stereocenters. The maximum absolute atomic E-state index is 10.6. The quantitative estimate of drug-likeness (QED) is 0.778. The number of carbonyl (C=O) groups is 1. The summed E-state index contributed by atoms with van der Waals surface area (Å²) in [6.07, 6.45) is 0. The highest BCUT2D eigenvalue weighted by atomic mass is 79.9. The van der Waals surface area contributed by atoms with Crippen LogP contribution in [0.15, 0.2) is 34.8 Å². The zero-order chi connectivity index (χ0) is 14.5. The minimum Gasteiger partial charge on any atom is -0.480 e. The van der Waals surface area contributed by atoms with Crippen molar-refractivity contribution in [3.05, 3.63) is 40.6 Å². The summed E-state index contributed by atoms with van der Waals surface area (Å²) in [7, 11) is 0. The Kier molecular flexibility index (Phi) is 4.52. The largest absolute Gasteiger partial charge is 0.480 e. The van der Waals surface area contributed by atoms with Crippen LogP contribution in [0.4, 0.5) is 17.3 Å². The molecule has 7 heteroatoms. The summed E-state index contributed by atoms with van der Waals surface area (Å²) in [6.45, 7) is 1.56. The second kappa shape index (κ2) is 6.33. The van der Waals surface area contributed by atoms with Gasteiger partial charge < -0.3 is 15.7 Å². The van der Waals surface area contributed by atoms with Gasteiger partial charge in [-0.1, -0.05) is 12.1 Å². The number of para-hydroxylation sites is 1. The van der Waals surface area contributed by atoms with Crippen molar-refractivity contribution in [2.45, 2.75) is 6.92 Å². The van der Waals surface area contributed by atoms with E-state index in [1.54, 1.807) is 13.0 Å². The van der Waals surface area contributed by atoms with E-state index >= 15 is 0 Å². The van der Waals surface area contributed by atoms with Gasteiger partial charge in [0.25, 0.3) is 0 Å². The lowest BCUT2D eigenvalue weighted by molar-refractivity contribution is -0.134. The van der Waals surface area contributed by atoms with Crippen LogP contribution in [-0.2, 0) is 4.79 Å². The SMILES string of the molecule is Cc1nc(NCC(=O)O)cc(Nc2ccccc2Br)n1. The number of aliphatic carboxylic acids is 1. The minimum atomic E-state index is -0.943. The van der Waals surface area contributed by atoms with E-state index < -0.39 is 5.97 Å². The van der Waals surface area contributed by atoms with Gasteiger partial charge in [-0.15, -0.1) is 0 Å². The first-order chi connectivity index (χ1) is 9.54. The van der Waals surface area contributed by atoms with E-state index in [2.05, 4.69) is 36.5 Å². The number of nitrogens with one attached hydrogen (secondary N) is 2. The van der Waals surface area contributed by atoms with Gasteiger partial charge in [-0.3, -0.25) is 4.79 Å². The molecule has 0 amide bonds. The molecule has 6 nitrogen and oxygen atoms in total. The average molecular weight is 337 g/mol. The fourth-order valence-electron chi connectivity index (χ4n) is 1.59. The molecule has 0 spiro atoms. The molecule has 0 saturated heterocycles. The predicted molar refractivity (Wildman–Crippen MR) is 80.3 cm³/mol. The van der Waals surface area contributed by atoms with Crippen LogP contribution in [-0.4, -0.2) is 27.6 Å². The highest BCUT2D eigenvalue weighted by Crippen LogP contribution is 2.25. The number of carboxylic acid groups (broad SMARTS) is 1. The van der Waals surface area contributed by atoms with Crippen LogP contribution in [0.3, 0.4) is 0 Å². The Bertz CT molecular complexity index is 634. The third-order valence-corrected chi connectivity index (χ3v) is 3.09. The normalized spacial score (nSPS) is 10.1. The van der Waals surface area contributed by atoms with Crippen molar-refractivity contribution in [1.82, 2.24) is 9.97 Å². The Morgan fingerprint density at radius 2 is 2.00 bits per heavy atom. The summed E-state index contributed by atoms with van der Waals surface area (Å²) in [5, 5.41) is 14.5. The fourth-order valence-corrected chi connectivity index (χ4v) is 1.97. The molecule has 104 valence electrons. The van der Waals surface area contributed by atoms with Gasteiger partial charge in [0.2, 0.25) is 0 Å². The smallest absolute Gasteiger partial charge is 0.322 e. The van der Waals surface area contributed by atoms with Crippen molar-refractivity contribution in [1.29, 1.82) is 0 Å². The van der Waals surface area contributed by atoms with E-state index in [4.69, 9.17) is 5.11 Å². The summed E-state index contributed by atoms with van der Waals surface area (Å²) in [4.78, 5) is 18.9. The fraction of sp³-hybridized carbons (Fsp3) is 0.154. The molecule has 2 rings (SSSR count). The van der Waals surface area contributed by atoms with Gasteiger partial charge in [0.05, 0.1) is 5.69 Å². The van der Waals surface area contributed by atoms with E-state index in [-0.39, 0.29) is 6.54 Å². The third kappa shape index (κ3) is 3.92. The molecule has 0 aliphatic heterocycles. The summed E-state index contributed by atoms with van der Waals surface area (Å²) >= 11 is 3.44. The zero-order valence-corrected chi connectivity index (χ0v) is 12.3. The molecule has 0 fully saturated rings. The molecular weight excluding hydrogens is 324 g/mol. The van der Waals surface area contributed by atoms with Gasteiger partial charge in [-0.25, -0.2) is 9.97 Å². The van der Waals surface area contributed by atoms with Crippen LogP contribution < -0.4 is 10.6 Å². The monoisotopic (exact) mass is 336 g/mol. The van der Waals surface area contributed by atoms with E-state index in [9.17, 15) is 4.79 Å². The van der Waals surface area contributed by atoms with Crippen molar-refractivity contribution in [3.63, 3.8) is 0 Å². The Morgan fingerprint density at radius 1 is 1.30 bits per heavy atom. The Hall–Kier alpha value is -2.15. The maximum atomic E-state index is 10.6. The topological polar surface area (TPSA) is 87.1 Å². The summed E-state index contributed by atoms with van der Waals surface area (Å²) in [6, 6.07) is 9.31. The highest BCUT2D eigenvalue weighted by Gasteiger charge is 2.05. The van der Waals surface area contributed by atoms with E-state index in [0.717, 1.165) is 10.2 Å². The number of benzene rings is 1. The first-order valence-electron chi connectivity index (χ1n) is 5.87. The molecule has 0 atom stereocenters. The molecule has 1 heterocycles. The molecule has 0 radical (unpaired) electrons. The molecule has 2 aromatic rings. The van der Waals surface area contributed by atoms with Crippen molar-refractivity contribution in [2.75, 3.05) is 17.2 Å². The lowest BCUT2D eigenvalue weighted by Crippen LogP contribution is -2.14. The van der Waals surface area contributed by atoms with Crippen molar-refractivity contribution >= 4 is 39.2 Å². The van der Waals surface area contributed by atoms with E-state index in [1.807, 2.05) is 24.3 Å². The van der Waals surface area contributed by atoms with Crippen molar-refractivity contribution in [3.8, 4) is 0 Å². The number of hydrogen-bond donors (Lipinski definition) is 3. The van der Waals surface area contributed by atoms with Crippen LogP contribution >= 0.6 is 15.9 Å².